The van der Waals surface area contributed by atoms with Crippen LogP contribution in [-0.2, 0) is 0 Å². The highest BCUT2D eigenvalue weighted by Gasteiger charge is 2.22. The van der Waals surface area contributed by atoms with Crippen LogP contribution in [0.3, 0.4) is 0 Å². The van der Waals surface area contributed by atoms with E-state index in [4.69, 9.17) is 0 Å². The number of piperazine rings is 1. The Morgan fingerprint density at radius 1 is 1.05 bits per heavy atom. The zero-order chi connectivity index (χ0) is 15.3. The second-order valence-corrected chi connectivity index (χ2v) is 7.76. The third kappa shape index (κ3) is 6.39. The van der Waals surface area contributed by atoms with E-state index < -0.39 is 5.60 Å². The molecule has 4 heteroatoms. The normalized spacial score (nSPS) is 18.1. The van der Waals surface area contributed by atoms with E-state index in [1.807, 2.05) is 25.6 Å². The van der Waals surface area contributed by atoms with Gasteiger partial charge in [0.25, 0.3) is 0 Å². The number of β-amino-alcohol motifs (C(OH)–C–C–N with tert-alkyl or cyclic N) is 1. The van der Waals surface area contributed by atoms with Crippen LogP contribution in [0.15, 0.2) is 29.2 Å². The predicted molar refractivity (Wildman–Crippen MR) is 91.1 cm³/mol. The number of hydrogen-bond donors (Lipinski definition) is 1. The first-order chi connectivity index (χ1) is 9.92. The van der Waals surface area contributed by atoms with E-state index >= 15 is 0 Å². The number of benzene rings is 1. The lowest BCUT2D eigenvalue weighted by molar-refractivity contribution is 0.0186. The molecule has 118 valence electrons. The monoisotopic (exact) mass is 308 g/mol. The minimum absolute atomic E-state index is 0.580. The van der Waals surface area contributed by atoms with Crippen LogP contribution in [0, 0.1) is 6.92 Å². The average Bonchev–Trinajstić information content (AvgIpc) is 2.41. The Hall–Kier alpha value is -0.550. The van der Waals surface area contributed by atoms with Gasteiger partial charge in [-0.2, -0.15) is 0 Å². The number of aryl methyl sites for hydroxylation is 1. The lowest BCUT2D eigenvalue weighted by Crippen LogP contribution is -2.50. The molecule has 21 heavy (non-hydrogen) atoms. The fraction of sp³-hybridized carbons (Fsp3) is 0.647. The largest absolute Gasteiger partial charge is 0.389 e. The summed E-state index contributed by atoms with van der Waals surface area (Å²) in [5.74, 6) is 1.15. The highest BCUT2D eigenvalue weighted by atomic mass is 32.2. The fourth-order valence-electron chi connectivity index (χ4n) is 2.65. The molecule has 1 fully saturated rings. The summed E-state index contributed by atoms with van der Waals surface area (Å²) in [5, 5.41) is 9.86. The van der Waals surface area contributed by atoms with Crippen LogP contribution in [0.1, 0.15) is 19.4 Å². The number of thioether (sulfide) groups is 1. The van der Waals surface area contributed by atoms with Crippen LogP contribution in [-0.4, -0.2) is 65.5 Å². The van der Waals surface area contributed by atoms with E-state index in [0.717, 1.165) is 45.0 Å². The van der Waals surface area contributed by atoms with Crippen LogP contribution in [0.4, 0.5) is 0 Å². The van der Waals surface area contributed by atoms with E-state index in [1.54, 1.807) is 0 Å². The second kappa shape index (κ2) is 7.63. The minimum Gasteiger partial charge on any atom is -0.389 e. The summed E-state index contributed by atoms with van der Waals surface area (Å²) < 4.78 is 0. The molecule has 1 aliphatic rings. The zero-order valence-electron chi connectivity index (χ0n) is 13.5. The van der Waals surface area contributed by atoms with E-state index in [9.17, 15) is 5.11 Å². The summed E-state index contributed by atoms with van der Waals surface area (Å²) in [6.45, 7) is 12.2. The summed E-state index contributed by atoms with van der Waals surface area (Å²) in [5.41, 5.74) is 0.742. The highest BCUT2D eigenvalue weighted by molar-refractivity contribution is 7.99. The molecule has 0 saturated carbocycles. The summed E-state index contributed by atoms with van der Waals surface area (Å²) in [4.78, 5) is 6.26. The molecular formula is C17H28N2OS. The van der Waals surface area contributed by atoms with Gasteiger partial charge < -0.3 is 5.11 Å². The van der Waals surface area contributed by atoms with Crippen molar-refractivity contribution in [3.63, 3.8) is 0 Å². The molecule has 0 spiro atoms. The van der Waals surface area contributed by atoms with Crippen LogP contribution in [0.2, 0.25) is 0 Å². The van der Waals surface area contributed by atoms with Crippen molar-refractivity contribution in [3.8, 4) is 0 Å². The van der Waals surface area contributed by atoms with Gasteiger partial charge >= 0.3 is 0 Å². The van der Waals surface area contributed by atoms with Crippen molar-refractivity contribution in [3.05, 3.63) is 29.8 Å². The third-order valence-electron chi connectivity index (χ3n) is 3.77. The summed E-state index contributed by atoms with van der Waals surface area (Å²) in [6.07, 6.45) is 0. The van der Waals surface area contributed by atoms with Gasteiger partial charge in [0.05, 0.1) is 5.60 Å². The van der Waals surface area contributed by atoms with Crippen molar-refractivity contribution in [1.82, 2.24) is 9.80 Å². The molecule has 0 amide bonds. The quantitative estimate of drug-likeness (QED) is 0.817. The van der Waals surface area contributed by atoms with Gasteiger partial charge in [0.2, 0.25) is 0 Å². The first-order valence-electron chi connectivity index (χ1n) is 7.79. The standard InChI is InChI=1S/C17H28N2OS/c1-15-4-6-16(7-5-15)21-13-12-18-8-10-19(11-9-18)14-17(2,3)20/h4-7,20H,8-14H2,1-3H3. The molecule has 0 radical (unpaired) electrons. The second-order valence-electron chi connectivity index (χ2n) is 6.59. The van der Waals surface area contributed by atoms with Gasteiger partial charge in [-0.1, -0.05) is 17.7 Å². The third-order valence-corrected chi connectivity index (χ3v) is 4.76. The summed E-state index contributed by atoms with van der Waals surface area (Å²) in [6, 6.07) is 8.78. The van der Waals surface area contributed by atoms with Crippen molar-refractivity contribution < 1.29 is 5.11 Å². The summed E-state index contributed by atoms with van der Waals surface area (Å²) in [7, 11) is 0. The smallest absolute Gasteiger partial charge is 0.0718 e. The lowest BCUT2D eigenvalue weighted by atomic mass is 10.1. The van der Waals surface area contributed by atoms with Crippen molar-refractivity contribution in [1.29, 1.82) is 0 Å². The molecule has 3 nitrogen and oxygen atoms in total. The molecule has 2 rings (SSSR count). The van der Waals surface area contributed by atoms with Crippen molar-refractivity contribution >= 4 is 11.8 Å². The SMILES string of the molecule is Cc1ccc(SCCN2CCN(CC(C)(C)O)CC2)cc1. The van der Waals surface area contributed by atoms with E-state index in [1.165, 1.54) is 10.5 Å². The predicted octanol–water partition coefficient (Wildman–Crippen LogP) is 2.48. The van der Waals surface area contributed by atoms with E-state index in [2.05, 4.69) is 41.0 Å². The van der Waals surface area contributed by atoms with E-state index in [-0.39, 0.29) is 0 Å². The molecular weight excluding hydrogens is 280 g/mol. The van der Waals surface area contributed by atoms with Gasteiger partial charge in [0.15, 0.2) is 0 Å². The average molecular weight is 308 g/mol. The molecule has 1 aliphatic heterocycles. The molecule has 0 bridgehead atoms. The highest BCUT2D eigenvalue weighted by Crippen LogP contribution is 2.18. The van der Waals surface area contributed by atoms with Gasteiger partial charge in [-0.25, -0.2) is 0 Å². The van der Waals surface area contributed by atoms with Crippen LogP contribution < -0.4 is 0 Å². The Balaban J connectivity index is 1.64. The number of aliphatic hydroxyl groups is 1. The van der Waals surface area contributed by atoms with Gasteiger partial charge in [0, 0.05) is 49.9 Å². The van der Waals surface area contributed by atoms with Crippen molar-refractivity contribution in [2.75, 3.05) is 45.0 Å². The Kier molecular flexibility index (Phi) is 6.11. The van der Waals surface area contributed by atoms with Crippen LogP contribution in [0.25, 0.3) is 0 Å². The molecule has 1 aromatic carbocycles. The Labute approximate surface area is 133 Å². The van der Waals surface area contributed by atoms with Crippen molar-refractivity contribution in [2.24, 2.45) is 0 Å². The van der Waals surface area contributed by atoms with Crippen molar-refractivity contribution in [2.45, 2.75) is 31.3 Å². The molecule has 0 aliphatic carbocycles. The first kappa shape index (κ1) is 16.8. The van der Waals surface area contributed by atoms with Gasteiger partial charge in [-0.05, 0) is 32.9 Å². The fourth-order valence-corrected chi connectivity index (χ4v) is 3.56. The Morgan fingerprint density at radius 2 is 1.62 bits per heavy atom. The van der Waals surface area contributed by atoms with Gasteiger partial charge in [-0.15, -0.1) is 11.8 Å². The molecule has 0 aromatic heterocycles. The Morgan fingerprint density at radius 3 is 2.19 bits per heavy atom. The maximum Gasteiger partial charge on any atom is 0.0718 e. The minimum atomic E-state index is -0.580. The van der Waals surface area contributed by atoms with Crippen LogP contribution in [0.5, 0.6) is 0 Å². The topological polar surface area (TPSA) is 26.7 Å². The number of nitrogens with zero attached hydrogens (tertiary/aromatic N) is 2. The van der Waals surface area contributed by atoms with E-state index in [0.29, 0.717) is 0 Å². The maximum absolute atomic E-state index is 9.86. The Bertz CT molecular complexity index is 419. The van der Waals surface area contributed by atoms with Gasteiger partial charge in [0.1, 0.15) is 0 Å². The molecule has 0 unspecified atom stereocenters. The van der Waals surface area contributed by atoms with Crippen LogP contribution >= 0.6 is 11.8 Å². The molecule has 1 heterocycles. The number of rotatable bonds is 6. The summed E-state index contributed by atoms with van der Waals surface area (Å²) >= 11 is 1.94. The molecule has 1 N–H and O–H groups in total. The maximum atomic E-state index is 9.86. The zero-order valence-corrected chi connectivity index (χ0v) is 14.3. The first-order valence-corrected chi connectivity index (χ1v) is 8.77. The molecule has 1 aromatic rings. The van der Waals surface area contributed by atoms with Gasteiger partial charge in [-0.3, -0.25) is 9.80 Å². The lowest BCUT2D eigenvalue weighted by Gasteiger charge is -2.37. The molecule has 0 atom stereocenters. The number of hydrogen-bond acceptors (Lipinski definition) is 4. The molecule has 1 saturated heterocycles.